The average molecular weight is 223 g/mol. The van der Waals surface area contributed by atoms with Gasteiger partial charge in [-0.3, -0.25) is 0 Å². The van der Waals surface area contributed by atoms with E-state index in [1.54, 1.807) is 6.07 Å². The van der Waals surface area contributed by atoms with Crippen molar-refractivity contribution in [3.8, 4) is 0 Å². The number of carboxylic acids is 1. The second-order valence-corrected chi connectivity index (χ2v) is 3.83. The molecule has 0 aliphatic carbocycles. The third-order valence-corrected chi connectivity index (χ3v) is 2.60. The number of aromatic nitrogens is 2. The quantitative estimate of drug-likeness (QED) is 0.824. The van der Waals surface area contributed by atoms with Crippen molar-refractivity contribution in [1.29, 1.82) is 0 Å². The summed E-state index contributed by atoms with van der Waals surface area (Å²) in [5, 5.41) is 16.2. The highest BCUT2D eigenvalue weighted by Gasteiger charge is 2.12. The summed E-state index contributed by atoms with van der Waals surface area (Å²) in [6.45, 7) is 4.24. The van der Waals surface area contributed by atoms with Crippen molar-refractivity contribution in [1.82, 2.24) is 10.2 Å². The Morgan fingerprint density at radius 3 is 2.62 bits per heavy atom. The van der Waals surface area contributed by atoms with Gasteiger partial charge in [0.15, 0.2) is 11.5 Å². The van der Waals surface area contributed by atoms with Crippen LogP contribution in [-0.2, 0) is 0 Å². The van der Waals surface area contributed by atoms with E-state index < -0.39 is 5.97 Å². The molecule has 0 saturated heterocycles. The van der Waals surface area contributed by atoms with Gasteiger partial charge in [-0.2, -0.15) is 0 Å². The SMILES string of the molecule is CCCC(C)N(C)c1ccc(C(=O)O)nn1. The van der Waals surface area contributed by atoms with Crippen molar-refractivity contribution in [2.75, 3.05) is 11.9 Å². The van der Waals surface area contributed by atoms with Gasteiger partial charge in [0, 0.05) is 13.1 Å². The summed E-state index contributed by atoms with van der Waals surface area (Å²) in [5.74, 6) is -0.353. The molecule has 88 valence electrons. The zero-order chi connectivity index (χ0) is 12.1. The van der Waals surface area contributed by atoms with E-state index in [0.29, 0.717) is 11.9 Å². The molecule has 1 unspecified atom stereocenters. The van der Waals surface area contributed by atoms with E-state index in [2.05, 4.69) is 24.0 Å². The Balaban J connectivity index is 2.77. The first kappa shape index (κ1) is 12.4. The number of anilines is 1. The number of aromatic carboxylic acids is 1. The minimum absolute atomic E-state index is 0.0275. The van der Waals surface area contributed by atoms with E-state index in [1.807, 2.05) is 11.9 Å². The van der Waals surface area contributed by atoms with Crippen LogP contribution in [0.5, 0.6) is 0 Å². The molecule has 16 heavy (non-hydrogen) atoms. The Hall–Kier alpha value is -1.65. The van der Waals surface area contributed by atoms with Crippen LogP contribution in [0.25, 0.3) is 0 Å². The van der Waals surface area contributed by atoms with Crippen LogP contribution in [0.1, 0.15) is 37.2 Å². The molecule has 5 nitrogen and oxygen atoms in total. The van der Waals surface area contributed by atoms with E-state index in [0.717, 1.165) is 12.8 Å². The third-order valence-electron chi connectivity index (χ3n) is 2.60. The van der Waals surface area contributed by atoms with Gasteiger partial charge in [-0.15, -0.1) is 10.2 Å². The second kappa shape index (κ2) is 5.44. The molecule has 0 saturated carbocycles. The Bertz CT molecular complexity index is 351. The fraction of sp³-hybridized carbons (Fsp3) is 0.545. The predicted molar refractivity (Wildman–Crippen MR) is 61.8 cm³/mol. The standard InChI is InChI=1S/C11H17N3O2/c1-4-5-8(2)14(3)10-7-6-9(11(15)16)12-13-10/h6-8H,4-5H2,1-3H3,(H,15,16). The first-order valence-electron chi connectivity index (χ1n) is 5.36. The van der Waals surface area contributed by atoms with Gasteiger partial charge in [0.25, 0.3) is 0 Å². The summed E-state index contributed by atoms with van der Waals surface area (Å²) in [6, 6.07) is 3.53. The van der Waals surface area contributed by atoms with Gasteiger partial charge in [-0.1, -0.05) is 13.3 Å². The number of hydrogen-bond donors (Lipinski definition) is 1. The molecule has 0 fully saturated rings. The Kier molecular flexibility index (Phi) is 4.22. The van der Waals surface area contributed by atoms with E-state index >= 15 is 0 Å². The number of rotatable bonds is 5. The van der Waals surface area contributed by atoms with Crippen molar-refractivity contribution >= 4 is 11.8 Å². The van der Waals surface area contributed by atoms with Crippen molar-refractivity contribution in [2.24, 2.45) is 0 Å². The monoisotopic (exact) mass is 223 g/mol. The van der Waals surface area contributed by atoms with Crippen LogP contribution in [0.4, 0.5) is 5.82 Å². The fourth-order valence-electron chi connectivity index (χ4n) is 1.46. The van der Waals surface area contributed by atoms with Gasteiger partial charge >= 0.3 is 5.97 Å². The molecule has 0 bridgehead atoms. The summed E-state index contributed by atoms with van der Waals surface area (Å²) in [5.41, 5.74) is -0.0275. The Morgan fingerprint density at radius 2 is 2.19 bits per heavy atom. The third kappa shape index (κ3) is 2.92. The van der Waals surface area contributed by atoms with Crippen LogP contribution in [0.3, 0.4) is 0 Å². The molecular weight excluding hydrogens is 206 g/mol. The number of hydrogen-bond acceptors (Lipinski definition) is 4. The van der Waals surface area contributed by atoms with Gasteiger partial charge in [-0.25, -0.2) is 4.79 Å². The summed E-state index contributed by atoms with van der Waals surface area (Å²) in [7, 11) is 1.94. The molecule has 1 heterocycles. The Morgan fingerprint density at radius 1 is 1.50 bits per heavy atom. The van der Waals surface area contributed by atoms with Crippen molar-refractivity contribution in [3.05, 3.63) is 17.8 Å². The van der Waals surface area contributed by atoms with E-state index in [1.165, 1.54) is 6.07 Å². The minimum atomic E-state index is -1.05. The molecular formula is C11H17N3O2. The van der Waals surface area contributed by atoms with Crippen LogP contribution in [0.15, 0.2) is 12.1 Å². The van der Waals surface area contributed by atoms with Crippen LogP contribution in [-0.4, -0.2) is 34.4 Å². The Labute approximate surface area is 95.1 Å². The van der Waals surface area contributed by atoms with E-state index in [9.17, 15) is 4.79 Å². The lowest BCUT2D eigenvalue weighted by atomic mass is 10.2. The minimum Gasteiger partial charge on any atom is -0.476 e. The molecule has 0 amide bonds. The molecule has 0 aliphatic heterocycles. The lowest BCUT2D eigenvalue weighted by molar-refractivity contribution is 0.0689. The average Bonchev–Trinajstić information content (AvgIpc) is 2.28. The molecule has 0 aromatic carbocycles. The topological polar surface area (TPSA) is 66.3 Å². The number of carbonyl (C=O) groups is 1. The van der Waals surface area contributed by atoms with Gasteiger partial charge in [0.05, 0.1) is 0 Å². The van der Waals surface area contributed by atoms with Gasteiger partial charge < -0.3 is 10.0 Å². The summed E-state index contributed by atoms with van der Waals surface area (Å²) >= 11 is 0. The smallest absolute Gasteiger partial charge is 0.356 e. The summed E-state index contributed by atoms with van der Waals surface area (Å²) in [6.07, 6.45) is 2.17. The van der Waals surface area contributed by atoms with Crippen molar-refractivity contribution in [3.63, 3.8) is 0 Å². The molecule has 0 aliphatic rings. The van der Waals surface area contributed by atoms with Crippen LogP contribution < -0.4 is 4.90 Å². The zero-order valence-electron chi connectivity index (χ0n) is 9.84. The molecule has 1 N–H and O–H groups in total. The number of carboxylic acid groups (broad SMARTS) is 1. The van der Waals surface area contributed by atoms with Gasteiger partial charge in [-0.05, 0) is 25.5 Å². The maximum absolute atomic E-state index is 10.6. The maximum atomic E-state index is 10.6. The largest absolute Gasteiger partial charge is 0.476 e. The lowest BCUT2D eigenvalue weighted by Gasteiger charge is -2.24. The summed E-state index contributed by atoms with van der Waals surface area (Å²) < 4.78 is 0. The van der Waals surface area contributed by atoms with Crippen LogP contribution >= 0.6 is 0 Å². The normalized spacial score (nSPS) is 12.2. The first-order valence-corrected chi connectivity index (χ1v) is 5.36. The second-order valence-electron chi connectivity index (χ2n) is 3.83. The highest BCUT2D eigenvalue weighted by molar-refractivity contribution is 5.85. The molecule has 0 radical (unpaired) electrons. The number of nitrogens with zero attached hydrogens (tertiary/aromatic N) is 3. The highest BCUT2D eigenvalue weighted by Crippen LogP contribution is 2.13. The summed E-state index contributed by atoms with van der Waals surface area (Å²) in [4.78, 5) is 12.6. The molecule has 1 rings (SSSR count). The van der Waals surface area contributed by atoms with E-state index in [4.69, 9.17) is 5.11 Å². The van der Waals surface area contributed by atoms with Crippen LogP contribution in [0, 0.1) is 0 Å². The molecule has 1 aromatic heterocycles. The zero-order valence-corrected chi connectivity index (χ0v) is 9.84. The maximum Gasteiger partial charge on any atom is 0.356 e. The first-order chi connectivity index (χ1) is 7.56. The fourth-order valence-corrected chi connectivity index (χ4v) is 1.46. The molecule has 1 aromatic rings. The molecule has 5 heteroatoms. The van der Waals surface area contributed by atoms with Crippen LogP contribution in [0.2, 0.25) is 0 Å². The lowest BCUT2D eigenvalue weighted by Crippen LogP contribution is -2.29. The molecule has 0 spiro atoms. The predicted octanol–water partition coefficient (Wildman–Crippen LogP) is 1.80. The van der Waals surface area contributed by atoms with E-state index in [-0.39, 0.29) is 5.69 Å². The van der Waals surface area contributed by atoms with Crippen molar-refractivity contribution < 1.29 is 9.90 Å². The van der Waals surface area contributed by atoms with Gasteiger partial charge in [0.2, 0.25) is 0 Å². The molecule has 1 atom stereocenters. The van der Waals surface area contributed by atoms with Gasteiger partial charge in [0.1, 0.15) is 0 Å². The highest BCUT2D eigenvalue weighted by atomic mass is 16.4. The van der Waals surface area contributed by atoms with Crippen molar-refractivity contribution in [2.45, 2.75) is 32.7 Å².